The maximum atomic E-state index is 12.2. The van der Waals surface area contributed by atoms with Gasteiger partial charge in [0.1, 0.15) is 0 Å². The fourth-order valence-corrected chi connectivity index (χ4v) is 3.34. The molecule has 0 aliphatic rings. The second-order valence-electron chi connectivity index (χ2n) is 5.27. The van der Waals surface area contributed by atoms with Gasteiger partial charge in [-0.3, -0.25) is 0 Å². The van der Waals surface area contributed by atoms with E-state index in [0.717, 1.165) is 5.56 Å². The van der Waals surface area contributed by atoms with Crippen LogP contribution in [-0.2, 0) is 10.0 Å². The van der Waals surface area contributed by atoms with Crippen LogP contribution < -0.4 is 24.0 Å². The normalized spacial score (nSPS) is 15.7. The topological polar surface area (TPSA) is 32.3 Å². The van der Waals surface area contributed by atoms with E-state index in [1.165, 1.54) is 0 Å². The number of allylic oxidation sites excluding steroid dienone is 1. The summed E-state index contributed by atoms with van der Waals surface area (Å²) in [5.41, 5.74) is 0.0750. The van der Waals surface area contributed by atoms with E-state index in [0.29, 0.717) is 0 Å². The predicted molar refractivity (Wildman–Crippen MR) is 72.0 cm³/mol. The molecule has 1 rings (SSSR count). The Bertz CT molecular complexity index is 398. The zero-order valence-electron chi connectivity index (χ0n) is 12.3. The van der Waals surface area contributed by atoms with E-state index in [2.05, 4.69) is 19.6 Å². The summed E-state index contributed by atoms with van der Waals surface area (Å²) in [7, 11) is -1.80. The Morgan fingerprint density at radius 1 is 1.22 bits per heavy atom. The molecule has 1 aromatic carbocycles. The molecule has 0 aliphatic heterocycles. The van der Waals surface area contributed by atoms with Crippen molar-refractivity contribution in [3.8, 4) is 0 Å². The molecule has 0 saturated carbocycles. The molecule has 2 nitrogen and oxygen atoms in total. The quantitative estimate of drug-likeness (QED) is 0.562. The van der Waals surface area contributed by atoms with E-state index in [4.69, 9.17) is 4.43 Å². The number of hydrogen-bond acceptors (Lipinski definition) is 2. The molecule has 0 N–H and O–H groups in total. The van der Waals surface area contributed by atoms with Crippen molar-refractivity contribution in [2.75, 3.05) is 0 Å². The largest absolute Gasteiger partial charge is 1.00 e. The van der Waals surface area contributed by atoms with Gasteiger partial charge in [0.25, 0.3) is 0 Å². The Morgan fingerprint density at radius 3 is 2.11 bits per heavy atom. The van der Waals surface area contributed by atoms with Gasteiger partial charge in [0.15, 0.2) is 8.32 Å². The summed E-state index contributed by atoms with van der Waals surface area (Å²) in [5.74, 6) is 0.0196. The SMILES string of the molecule is C/C=C(\[O-])[C@@](C)(O[Si](C)(C)C)c1ccccc1.[Li+]. The van der Waals surface area contributed by atoms with Crippen LogP contribution in [0.25, 0.3) is 0 Å². The summed E-state index contributed by atoms with van der Waals surface area (Å²) in [6.07, 6.45) is 1.59. The first kappa shape index (κ1) is 17.5. The predicted octanol–water partition coefficient (Wildman–Crippen LogP) is 0.0214. The molecule has 0 heterocycles. The standard InChI is InChI=1S/C14H22O2Si.Li/c1-6-13(15)14(2,16-17(3,4)5)12-10-8-7-9-11-12;/h6-11,15H,1-5H3;/q;+1/p-1/b13-6-;/t14-;/m0./s1. The first-order chi connectivity index (χ1) is 7.79. The Hall–Kier alpha value is -0.466. The van der Waals surface area contributed by atoms with Crippen LogP contribution in [0, 0.1) is 0 Å². The first-order valence-electron chi connectivity index (χ1n) is 5.89. The first-order valence-corrected chi connectivity index (χ1v) is 9.30. The van der Waals surface area contributed by atoms with E-state index >= 15 is 0 Å². The van der Waals surface area contributed by atoms with Crippen molar-refractivity contribution in [3.05, 3.63) is 47.7 Å². The third-order valence-corrected chi connectivity index (χ3v) is 3.59. The van der Waals surface area contributed by atoms with Crippen molar-refractivity contribution in [1.82, 2.24) is 0 Å². The molecule has 94 valence electrons. The van der Waals surface area contributed by atoms with E-state index in [-0.39, 0.29) is 24.6 Å². The molecule has 0 aliphatic carbocycles. The second kappa shape index (κ2) is 6.63. The Kier molecular flexibility index (Phi) is 6.46. The smallest absolute Gasteiger partial charge is 0.874 e. The summed E-state index contributed by atoms with van der Waals surface area (Å²) >= 11 is 0. The van der Waals surface area contributed by atoms with E-state index < -0.39 is 13.9 Å². The van der Waals surface area contributed by atoms with Crippen molar-refractivity contribution in [2.24, 2.45) is 0 Å². The van der Waals surface area contributed by atoms with E-state index in [9.17, 15) is 5.11 Å². The number of hydrogen-bond donors (Lipinski definition) is 0. The van der Waals surface area contributed by atoms with Crippen molar-refractivity contribution in [3.63, 3.8) is 0 Å². The minimum atomic E-state index is -1.80. The van der Waals surface area contributed by atoms with Gasteiger partial charge in [-0.15, -0.1) is 5.76 Å². The molecule has 0 fully saturated rings. The van der Waals surface area contributed by atoms with Crippen molar-refractivity contribution >= 4 is 8.32 Å². The molecule has 0 unspecified atom stereocenters. The van der Waals surface area contributed by atoms with Gasteiger partial charge >= 0.3 is 18.9 Å². The molecular weight excluding hydrogens is 235 g/mol. The van der Waals surface area contributed by atoms with Crippen LogP contribution in [0.4, 0.5) is 0 Å². The van der Waals surface area contributed by atoms with E-state index in [1.807, 2.05) is 37.3 Å². The molecule has 4 heteroatoms. The van der Waals surface area contributed by atoms with Gasteiger partial charge in [-0.1, -0.05) is 36.4 Å². The molecule has 1 aromatic rings. The molecule has 1 atom stereocenters. The molecule has 0 aromatic heterocycles. The zero-order valence-corrected chi connectivity index (χ0v) is 13.3. The fraction of sp³-hybridized carbons (Fsp3) is 0.429. The summed E-state index contributed by atoms with van der Waals surface area (Å²) in [6, 6.07) is 9.70. The van der Waals surface area contributed by atoms with Crippen molar-refractivity contribution in [1.29, 1.82) is 0 Å². The molecule has 0 amide bonds. The third-order valence-electron chi connectivity index (χ3n) is 2.57. The van der Waals surface area contributed by atoms with Crippen LogP contribution >= 0.6 is 0 Å². The van der Waals surface area contributed by atoms with Crippen LogP contribution in [-0.4, -0.2) is 8.32 Å². The van der Waals surface area contributed by atoms with Crippen LogP contribution in [0.2, 0.25) is 19.6 Å². The average molecular weight is 256 g/mol. The zero-order chi connectivity index (χ0) is 13.1. The third kappa shape index (κ3) is 4.33. The molecule has 0 saturated heterocycles. The maximum absolute atomic E-state index is 12.2. The van der Waals surface area contributed by atoms with Gasteiger partial charge in [-0.2, -0.15) is 0 Å². The van der Waals surface area contributed by atoms with Gasteiger partial charge in [-0.25, -0.2) is 0 Å². The minimum absolute atomic E-state index is 0. The van der Waals surface area contributed by atoms with Gasteiger partial charge in [0.2, 0.25) is 0 Å². The van der Waals surface area contributed by atoms with Gasteiger partial charge in [-0.05, 0) is 39.1 Å². The number of benzene rings is 1. The monoisotopic (exact) mass is 256 g/mol. The van der Waals surface area contributed by atoms with Crippen LogP contribution in [0.15, 0.2) is 42.2 Å². The number of rotatable bonds is 4. The van der Waals surface area contributed by atoms with Gasteiger partial charge in [0, 0.05) is 0 Å². The van der Waals surface area contributed by atoms with E-state index in [1.54, 1.807) is 13.0 Å². The average Bonchev–Trinajstić information content (AvgIpc) is 2.26. The molecule has 18 heavy (non-hydrogen) atoms. The van der Waals surface area contributed by atoms with Crippen LogP contribution in [0.1, 0.15) is 19.4 Å². The van der Waals surface area contributed by atoms with Crippen molar-refractivity contribution < 1.29 is 28.4 Å². The van der Waals surface area contributed by atoms with Crippen LogP contribution in [0.3, 0.4) is 0 Å². The van der Waals surface area contributed by atoms with Crippen molar-refractivity contribution in [2.45, 2.75) is 39.1 Å². The minimum Gasteiger partial charge on any atom is -0.874 e. The molecule has 0 radical (unpaired) electrons. The summed E-state index contributed by atoms with van der Waals surface area (Å²) in [6.45, 7) is 9.91. The Labute approximate surface area is 123 Å². The summed E-state index contributed by atoms with van der Waals surface area (Å²) in [5, 5.41) is 12.2. The van der Waals surface area contributed by atoms with Gasteiger partial charge in [0.05, 0.1) is 5.60 Å². The molecule has 0 bridgehead atoms. The fourth-order valence-electron chi connectivity index (χ4n) is 1.90. The van der Waals surface area contributed by atoms with Gasteiger partial charge < -0.3 is 9.53 Å². The summed E-state index contributed by atoms with van der Waals surface area (Å²) in [4.78, 5) is 0. The summed E-state index contributed by atoms with van der Waals surface area (Å²) < 4.78 is 6.12. The molecular formula is C14H21LiO2Si. The molecule has 0 spiro atoms. The Morgan fingerprint density at radius 2 is 1.72 bits per heavy atom. The van der Waals surface area contributed by atoms with Crippen LogP contribution in [0.5, 0.6) is 0 Å². The maximum Gasteiger partial charge on any atom is 1.00 e. The Balaban J connectivity index is 0.00000289. The second-order valence-corrected chi connectivity index (χ2v) is 9.70.